The number of carbonyl (C=O) groups is 1. The maximum Gasteiger partial charge on any atom is 0.307 e. The molecule has 0 saturated carbocycles. The van der Waals surface area contributed by atoms with Crippen LogP contribution in [0.3, 0.4) is 0 Å². The van der Waals surface area contributed by atoms with Gasteiger partial charge in [0.2, 0.25) is 0 Å². The maximum absolute atomic E-state index is 10.6. The molecular weight excluding hydrogens is 273 g/mol. The van der Waals surface area contributed by atoms with Crippen LogP contribution in [-0.4, -0.2) is 16.1 Å². The Morgan fingerprint density at radius 2 is 1.83 bits per heavy atom. The van der Waals surface area contributed by atoms with Crippen molar-refractivity contribution >= 4 is 29.2 Å². The quantitative estimate of drug-likeness (QED) is 0.934. The number of carboxylic acids is 1. The zero-order chi connectivity index (χ0) is 13.1. The predicted octanol–water partition coefficient (Wildman–Crippen LogP) is 3.68. The van der Waals surface area contributed by atoms with Gasteiger partial charge in [-0.2, -0.15) is 0 Å². The van der Waals surface area contributed by atoms with Crippen molar-refractivity contribution in [1.82, 2.24) is 4.98 Å². The summed E-state index contributed by atoms with van der Waals surface area (Å²) in [5.41, 5.74) is 1.91. The summed E-state index contributed by atoms with van der Waals surface area (Å²) < 4.78 is 0. The van der Waals surface area contributed by atoms with Gasteiger partial charge in [-0.1, -0.05) is 35.3 Å². The van der Waals surface area contributed by atoms with Crippen molar-refractivity contribution in [2.75, 3.05) is 0 Å². The molecule has 3 nitrogen and oxygen atoms in total. The Labute approximate surface area is 114 Å². The Hall–Kier alpha value is -1.58. The third-order valence-electron chi connectivity index (χ3n) is 2.40. The van der Waals surface area contributed by atoms with Gasteiger partial charge in [-0.25, -0.2) is 0 Å². The topological polar surface area (TPSA) is 50.2 Å². The van der Waals surface area contributed by atoms with Crippen LogP contribution in [-0.2, 0) is 11.2 Å². The molecule has 1 aromatic carbocycles. The molecule has 0 atom stereocenters. The zero-order valence-electron chi connectivity index (χ0n) is 9.23. The van der Waals surface area contributed by atoms with Crippen molar-refractivity contribution in [3.63, 3.8) is 0 Å². The SMILES string of the molecule is O=C(O)Cc1ccc(-c2c(Cl)cccc2Cl)nc1. The Kier molecular flexibility index (Phi) is 3.84. The Morgan fingerprint density at radius 3 is 2.33 bits per heavy atom. The van der Waals surface area contributed by atoms with Gasteiger partial charge in [0.05, 0.1) is 22.2 Å². The first-order valence-corrected chi connectivity index (χ1v) is 5.94. The number of aromatic nitrogens is 1. The highest BCUT2D eigenvalue weighted by Crippen LogP contribution is 2.33. The molecular formula is C13H9Cl2NO2. The monoisotopic (exact) mass is 281 g/mol. The fourth-order valence-electron chi connectivity index (χ4n) is 1.59. The third-order valence-corrected chi connectivity index (χ3v) is 3.03. The average Bonchev–Trinajstić information content (AvgIpc) is 2.30. The molecule has 0 aliphatic rings. The second kappa shape index (κ2) is 5.38. The van der Waals surface area contributed by atoms with Crippen molar-refractivity contribution in [3.05, 3.63) is 52.1 Å². The molecule has 0 bridgehead atoms. The molecule has 1 N–H and O–H groups in total. The van der Waals surface area contributed by atoms with Crippen LogP contribution in [0.5, 0.6) is 0 Å². The first-order valence-electron chi connectivity index (χ1n) is 5.19. The molecule has 0 spiro atoms. The summed E-state index contributed by atoms with van der Waals surface area (Å²) in [5.74, 6) is -0.889. The van der Waals surface area contributed by atoms with Crippen LogP contribution in [0.25, 0.3) is 11.3 Å². The van der Waals surface area contributed by atoms with Crippen LogP contribution in [0, 0.1) is 0 Å². The van der Waals surface area contributed by atoms with Crippen LogP contribution < -0.4 is 0 Å². The van der Waals surface area contributed by atoms with E-state index in [2.05, 4.69) is 4.98 Å². The van der Waals surface area contributed by atoms with E-state index < -0.39 is 5.97 Å². The Balaban J connectivity index is 2.37. The Bertz CT molecular complexity index is 562. The van der Waals surface area contributed by atoms with Crippen molar-refractivity contribution in [1.29, 1.82) is 0 Å². The molecule has 0 aliphatic heterocycles. The molecule has 2 aromatic rings. The van der Waals surface area contributed by atoms with E-state index in [1.165, 1.54) is 6.20 Å². The number of nitrogens with zero attached hydrogens (tertiary/aromatic N) is 1. The van der Waals surface area contributed by atoms with E-state index in [1.807, 2.05) is 0 Å². The lowest BCUT2D eigenvalue weighted by Crippen LogP contribution is -2.00. The molecule has 18 heavy (non-hydrogen) atoms. The molecule has 0 unspecified atom stereocenters. The number of rotatable bonds is 3. The minimum absolute atomic E-state index is 0.0520. The van der Waals surface area contributed by atoms with Gasteiger partial charge in [0.1, 0.15) is 0 Å². The smallest absolute Gasteiger partial charge is 0.307 e. The molecule has 5 heteroatoms. The van der Waals surface area contributed by atoms with Crippen molar-refractivity contribution in [3.8, 4) is 11.3 Å². The largest absolute Gasteiger partial charge is 0.481 e. The van der Waals surface area contributed by atoms with Crippen molar-refractivity contribution in [2.45, 2.75) is 6.42 Å². The molecule has 1 aromatic heterocycles. The van der Waals surface area contributed by atoms with Crippen molar-refractivity contribution < 1.29 is 9.90 Å². The van der Waals surface area contributed by atoms with E-state index in [4.69, 9.17) is 28.3 Å². The molecule has 0 aliphatic carbocycles. The summed E-state index contributed by atoms with van der Waals surface area (Å²) >= 11 is 12.1. The summed E-state index contributed by atoms with van der Waals surface area (Å²) in [5, 5.41) is 9.70. The molecule has 92 valence electrons. The molecule has 0 radical (unpaired) electrons. The lowest BCUT2D eigenvalue weighted by Gasteiger charge is -2.06. The summed E-state index contributed by atoms with van der Waals surface area (Å²) in [7, 11) is 0. The standard InChI is InChI=1S/C13H9Cl2NO2/c14-9-2-1-3-10(15)13(9)11-5-4-8(7-16-11)6-12(17)18/h1-5,7H,6H2,(H,17,18). The lowest BCUT2D eigenvalue weighted by atomic mass is 10.1. The summed E-state index contributed by atoms with van der Waals surface area (Å²) in [6, 6.07) is 8.64. The molecule has 0 amide bonds. The van der Waals surface area contributed by atoms with E-state index in [9.17, 15) is 4.79 Å². The summed E-state index contributed by atoms with van der Waals surface area (Å²) in [6.45, 7) is 0. The van der Waals surface area contributed by atoms with Gasteiger partial charge in [0.15, 0.2) is 0 Å². The Morgan fingerprint density at radius 1 is 1.17 bits per heavy atom. The summed E-state index contributed by atoms with van der Waals surface area (Å²) in [4.78, 5) is 14.8. The highest BCUT2D eigenvalue weighted by Gasteiger charge is 2.09. The lowest BCUT2D eigenvalue weighted by molar-refractivity contribution is -0.136. The molecule has 1 heterocycles. The minimum atomic E-state index is -0.889. The van der Waals surface area contributed by atoms with Gasteiger partial charge in [-0.3, -0.25) is 9.78 Å². The number of benzene rings is 1. The number of carboxylic acid groups (broad SMARTS) is 1. The highest BCUT2D eigenvalue weighted by molar-refractivity contribution is 6.39. The minimum Gasteiger partial charge on any atom is -0.481 e. The predicted molar refractivity (Wildman–Crippen MR) is 71.0 cm³/mol. The average molecular weight is 282 g/mol. The second-order valence-corrected chi connectivity index (χ2v) is 4.53. The fourth-order valence-corrected chi connectivity index (χ4v) is 2.19. The van der Waals surface area contributed by atoms with Crippen LogP contribution in [0.1, 0.15) is 5.56 Å². The first-order chi connectivity index (χ1) is 8.58. The van der Waals surface area contributed by atoms with Gasteiger partial charge in [0, 0.05) is 11.8 Å². The van der Waals surface area contributed by atoms with E-state index in [0.29, 0.717) is 26.9 Å². The van der Waals surface area contributed by atoms with Gasteiger partial charge < -0.3 is 5.11 Å². The van der Waals surface area contributed by atoms with Crippen LogP contribution in [0.2, 0.25) is 10.0 Å². The number of aliphatic carboxylic acids is 1. The highest BCUT2D eigenvalue weighted by atomic mass is 35.5. The van der Waals surface area contributed by atoms with E-state index in [1.54, 1.807) is 30.3 Å². The molecule has 0 saturated heterocycles. The number of halogens is 2. The van der Waals surface area contributed by atoms with Gasteiger partial charge >= 0.3 is 5.97 Å². The van der Waals surface area contributed by atoms with Crippen LogP contribution >= 0.6 is 23.2 Å². The maximum atomic E-state index is 10.6. The first kappa shape index (κ1) is 12.9. The van der Waals surface area contributed by atoms with E-state index in [0.717, 1.165) is 0 Å². The van der Waals surface area contributed by atoms with Crippen LogP contribution in [0.15, 0.2) is 36.5 Å². The van der Waals surface area contributed by atoms with Gasteiger partial charge in [-0.05, 0) is 23.8 Å². The van der Waals surface area contributed by atoms with Crippen molar-refractivity contribution in [2.24, 2.45) is 0 Å². The molecule has 2 rings (SSSR count). The zero-order valence-corrected chi connectivity index (χ0v) is 10.7. The van der Waals surface area contributed by atoms with Gasteiger partial charge in [0.25, 0.3) is 0 Å². The number of hydrogen-bond donors (Lipinski definition) is 1. The van der Waals surface area contributed by atoms with E-state index >= 15 is 0 Å². The third kappa shape index (κ3) is 2.81. The normalized spacial score (nSPS) is 10.3. The van der Waals surface area contributed by atoms with Crippen LogP contribution in [0.4, 0.5) is 0 Å². The number of hydrogen-bond acceptors (Lipinski definition) is 2. The second-order valence-electron chi connectivity index (χ2n) is 3.72. The van der Waals surface area contributed by atoms with E-state index in [-0.39, 0.29) is 6.42 Å². The molecule has 0 fully saturated rings. The fraction of sp³-hybridized carbons (Fsp3) is 0.0769. The number of pyridine rings is 1. The summed E-state index contributed by atoms with van der Waals surface area (Å²) in [6.07, 6.45) is 1.46. The van der Waals surface area contributed by atoms with Gasteiger partial charge in [-0.15, -0.1) is 0 Å².